The molecular formula is C13H28N4O2S. The molecule has 0 aromatic carbocycles. The first-order chi connectivity index (χ1) is 9.48. The number of piperazine rings is 1. The van der Waals surface area contributed by atoms with Gasteiger partial charge in [0.25, 0.3) is 10.2 Å². The zero-order valence-electron chi connectivity index (χ0n) is 12.7. The van der Waals surface area contributed by atoms with E-state index in [0.29, 0.717) is 44.7 Å². The number of hydrogen-bond acceptors (Lipinski definition) is 4. The van der Waals surface area contributed by atoms with Crippen LogP contribution >= 0.6 is 0 Å². The quantitative estimate of drug-likeness (QED) is 0.789. The van der Waals surface area contributed by atoms with Crippen LogP contribution in [0.3, 0.4) is 0 Å². The second-order valence-corrected chi connectivity index (χ2v) is 7.92. The van der Waals surface area contributed by atoms with Crippen LogP contribution < -0.4 is 5.73 Å². The monoisotopic (exact) mass is 304 g/mol. The van der Waals surface area contributed by atoms with Gasteiger partial charge in [0.15, 0.2) is 0 Å². The first-order valence-electron chi connectivity index (χ1n) is 7.64. The maximum Gasteiger partial charge on any atom is 0.282 e. The first-order valence-corrected chi connectivity index (χ1v) is 9.04. The Morgan fingerprint density at radius 1 is 1.10 bits per heavy atom. The molecule has 0 aliphatic carbocycles. The van der Waals surface area contributed by atoms with Gasteiger partial charge in [-0.05, 0) is 38.8 Å². The van der Waals surface area contributed by atoms with Crippen molar-refractivity contribution >= 4 is 10.2 Å². The molecular weight excluding hydrogens is 276 g/mol. The van der Waals surface area contributed by atoms with Crippen molar-refractivity contribution in [1.29, 1.82) is 0 Å². The number of nitrogens with two attached hydrogens (primary N) is 1. The summed E-state index contributed by atoms with van der Waals surface area (Å²) >= 11 is 0. The summed E-state index contributed by atoms with van der Waals surface area (Å²) in [6, 6.07) is 0.333. The van der Waals surface area contributed by atoms with Crippen LogP contribution in [0.5, 0.6) is 0 Å². The van der Waals surface area contributed by atoms with Gasteiger partial charge in [-0.25, -0.2) is 0 Å². The van der Waals surface area contributed by atoms with Crippen molar-refractivity contribution in [1.82, 2.24) is 13.5 Å². The predicted octanol–water partition coefficient (Wildman–Crippen LogP) is -0.0721. The Hall–Kier alpha value is -0.210. The Morgan fingerprint density at radius 2 is 1.75 bits per heavy atom. The average Bonchev–Trinajstić information content (AvgIpc) is 2.47. The van der Waals surface area contributed by atoms with Crippen molar-refractivity contribution in [3.8, 4) is 0 Å². The Morgan fingerprint density at radius 3 is 2.30 bits per heavy atom. The van der Waals surface area contributed by atoms with E-state index in [4.69, 9.17) is 5.73 Å². The van der Waals surface area contributed by atoms with Gasteiger partial charge in [0.2, 0.25) is 0 Å². The van der Waals surface area contributed by atoms with Crippen molar-refractivity contribution in [2.45, 2.75) is 32.2 Å². The standard InChI is InChI=1S/C13H28N4O2S/c1-3-13-11-17(9-8-15(13)2)20(18,19)16-6-4-12(10-14)5-7-16/h12-13H,3-11,14H2,1-2H3. The van der Waals surface area contributed by atoms with Gasteiger partial charge in [-0.2, -0.15) is 17.0 Å². The van der Waals surface area contributed by atoms with Crippen LogP contribution in [0.15, 0.2) is 0 Å². The molecule has 0 aromatic heterocycles. The average molecular weight is 304 g/mol. The Bertz CT molecular complexity index is 407. The fourth-order valence-corrected chi connectivity index (χ4v) is 4.78. The van der Waals surface area contributed by atoms with E-state index < -0.39 is 10.2 Å². The molecule has 2 N–H and O–H groups in total. The fraction of sp³-hybridized carbons (Fsp3) is 1.00. The topological polar surface area (TPSA) is 69.9 Å². The molecule has 2 fully saturated rings. The van der Waals surface area contributed by atoms with E-state index in [1.165, 1.54) is 0 Å². The molecule has 0 amide bonds. The Balaban J connectivity index is 2.00. The summed E-state index contributed by atoms with van der Waals surface area (Å²) in [6.45, 7) is 6.06. The van der Waals surface area contributed by atoms with Gasteiger partial charge in [-0.3, -0.25) is 0 Å². The highest BCUT2D eigenvalue weighted by Crippen LogP contribution is 2.22. The van der Waals surface area contributed by atoms with Crippen LogP contribution in [0.2, 0.25) is 0 Å². The molecule has 7 heteroatoms. The largest absolute Gasteiger partial charge is 0.330 e. The molecule has 0 saturated carbocycles. The molecule has 2 rings (SSSR count). The predicted molar refractivity (Wildman–Crippen MR) is 80.6 cm³/mol. The number of piperidine rings is 1. The third-order valence-corrected chi connectivity index (χ3v) is 6.77. The first kappa shape index (κ1) is 16.2. The van der Waals surface area contributed by atoms with Crippen molar-refractivity contribution in [3.05, 3.63) is 0 Å². The minimum Gasteiger partial charge on any atom is -0.330 e. The normalized spacial score (nSPS) is 28.9. The lowest BCUT2D eigenvalue weighted by Gasteiger charge is -2.41. The lowest BCUT2D eigenvalue weighted by atomic mass is 9.99. The second kappa shape index (κ2) is 6.70. The SMILES string of the molecule is CCC1CN(S(=O)(=O)N2CCC(CN)CC2)CCN1C. The van der Waals surface area contributed by atoms with E-state index in [2.05, 4.69) is 18.9 Å². The molecule has 6 nitrogen and oxygen atoms in total. The molecule has 118 valence electrons. The highest BCUT2D eigenvalue weighted by Gasteiger charge is 2.36. The number of rotatable bonds is 4. The molecule has 20 heavy (non-hydrogen) atoms. The van der Waals surface area contributed by atoms with Gasteiger partial charge in [0.1, 0.15) is 0 Å². The van der Waals surface area contributed by atoms with Crippen LogP contribution in [-0.2, 0) is 10.2 Å². The third-order valence-electron chi connectivity index (χ3n) is 4.77. The zero-order chi connectivity index (χ0) is 14.8. The molecule has 2 saturated heterocycles. The van der Waals surface area contributed by atoms with Gasteiger partial charge in [-0.15, -0.1) is 0 Å². The Labute approximate surface area is 123 Å². The van der Waals surface area contributed by atoms with Crippen molar-refractivity contribution < 1.29 is 8.42 Å². The maximum atomic E-state index is 12.7. The van der Waals surface area contributed by atoms with Crippen LogP contribution in [0.1, 0.15) is 26.2 Å². The minimum absolute atomic E-state index is 0.333. The summed E-state index contributed by atoms with van der Waals surface area (Å²) in [5, 5.41) is 0. The van der Waals surface area contributed by atoms with Crippen molar-refractivity contribution in [2.75, 3.05) is 46.3 Å². The van der Waals surface area contributed by atoms with Gasteiger partial charge in [0, 0.05) is 38.8 Å². The van der Waals surface area contributed by atoms with Gasteiger partial charge < -0.3 is 10.6 Å². The molecule has 0 spiro atoms. The minimum atomic E-state index is -3.28. The molecule has 1 unspecified atom stereocenters. The maximum absolute atomic E-state index is 12.7. The van der Waals surface area contributed by atoms with Crippen LogP contribution in [0.25, 0.3) is 0 Å². The van der Waals surface area contributed by atoms with E-state index in [1.54, 1.807) is 8.61 Å². The Kier molecular flexibility index (Phi) is 5.42. The van der Waals surface area contributed by atoms with Crippen LogP contribution in [0.4, 0.5) is 0 Å². The molecule has 2 aliphatic heterocycles. The van der Waals surface area contributed by atoms with E-state index >= 15 is 0 Å². The summed E-state index contributed by atoms with van der Waals surface area (Å²) in [4.78, 5) is 2.26. The van der Waals surface area contributed by atoms with Crippen LogP contribution in [0, 0.1) is 5.92 Å². The highest BCUT2D eigenvalue weighted by atomic mass is 32.2. The second-order valence-electron chi connectivity index (χ2n) is 5.99. The van der Waals surface area contributed by atoms with Crippen molar-refractivity contribution in [3.63, 3.8) is 0 Å². The van der Waals surface area contributed by atoms with E-state index in [1.807, 2.05) is 0 Å². The highest BCUT2D eigenvalue weighted by molar-refractivity contribution is 7.86. The molecule has 2 heterocycles. The van der Waals surface area contributed by atoms with E-state index in [-0.39, 0.29) is 0 Å². The molecule has 2 aliphatic rings. The smallest absolute Gasteiger partial charge is 0.282 e. The molecule has 1 atom stereocenters. The summed E-state index contributed by atoms with van der Waals surface area (Å²) in [6.07, 6.45) is 2.76. The fourth-order valence-electron chi connectivity index (χ4n) is 3.11. The van der Waals surface area contributed by atoms with Crippen molar-refractivity contribution in [2.24, 2.45) is 11.7 Å². The summed E-state index contributed by atoms with van der Waals surface area (Å²) in [5.74, 6) is 0.484. The molecule has 0 radical (unpaired) electrons. The summed E-state index contributed by atoms with van der Waals surface area (Å²) in [7, 11) is -1.21. The van der Waals surface area contributed by atoms with E-state index in [0.717, 1.165) is 25.8 Å². The summed E-state index contributed by atoms with van der Waals surface area (Å²) in [5.41, 5.74) is 5.67. The number of hydrogen-bond donors (Lipinski definition) is 1. The number of nitrogens with zero attached hydrogens (tertiary/aromatic N) is 3. The third kappa shape index (κ3) is 3.33. The molecule has 0 bridgehead atoms. The van der Waals surface area contributed by atoms with Gasteiger partial charge in [0.05, 0.1) is 0 Å². The lowest BCUT2D eigenvalue weighted by Crippen LogP contribution is -2.57. The lowest BCUT2D eigenvalue weighted by molar-refractivity contribution is 0.136. The zero-order valence-corrected chi connectivity index (χ0v) is 13.5. The number of likely N-dealkylation sites (N-methyl/N-ethyl adjacent to an activating group) is 1. The van der Waals surface area contributed by atoms with E-state index in [9.17, 15) is 8.42 Å². The van der Waals surface area contributed by atoms with Gasteiger partial charge >= 0.3 is 0 Å². The summed E-state index contributed by atoms with van der Waals surface area (Å²) < 4.78 is 28.7. The van der Waals surface area contributed by atoms with Crippen LogP contribution in [-0.4, -0.2) is 74.3 Å². The molecule has 0 aromatic rings. The van der Waals surface area contributed by atoms with Gasteiger partial charge in [-0.1, -0.05) is 6.92 Å².